The molecule has 0 fully saturated rings. The lowest BCUT2D eigenvalue weighted by Gasteiger charge is -2.13. The van der Waals surface area contributed by atoms with E-state index in [2.05, 4.69) is 5.10 Å². The summed E-state index contributed by atoms with van der Waals surface area (Å²) in [6, 6.07) is 9.36. The topological polar surface area (TPSA) is 64.1 Å². The van der Waals surface area contributed by atoms with E-state index in [4.69, 9.17) is 5.73 Å². The molecule has 3 N–H and O–H groups in total. The lowest BCUT2D eigenvalue weighted by Crippen LogP contribution is -2.08. The molecule has 0 saturated heterocycles. The minimum Gasteiger partial charge on any atom is -0.398 e. The van der Waals surface area contributed by atoms with Crippen molar-refractivity contribution in [2.45, 2.75) is 19.4 Å². The van der Waals surface area contributed by atoms with Crippen molar-refractivity contribution in [3.63, 3.8) is 0 Å². The van der Waals surface area contributed by atoms with E-state index in [-0.39, 0.29) is 0 Å². The van der Waals surface area contributed by atoms with Gasteiger partial charge in [0, 0.05) is 30.4 Å². The Hall–Kier alpha value is -1.81. The number of aliphatic hydroxyl groups excluding tert-OH is 1. The maximum Gasteiger partial charge on any atom is 0.0865 e. The molecule has 4 nitrogen and oxygen atoms in total. The molecule has 0 spiro atoms. The zero-order valence-electron chi connectivity index (χ0n) is 10.1. The molecule has 17 heavy (non-hydrogen) atoms. The van der Waals surface area contributed by atoms with Crippen molar-refractivity contribution < 1.29 is 5.11 Å². The molecular formula is C13H17N3O. The Morgan fingerprint density at radius 3 is 2.71 bits per heavy atom. The average molecular weight is 231 g/mol. The number of aryl methyl sites for hydroxylation is 2. The van der Waals surface area contributed by atoms with Gasteiger partial charge in [-0.25, -0.2) is 0 Å². The first-order valence-electron chi connectivity index (χ1n) is 5.60. The minimum atomic E-state index is -0.592. The second kappa shape index (κ2) is 4.59. The van der Waals surface area contributed by atoms with E-state index in [0.29, 0.717) is 12.1 Å². The van der Waals surface area contributed by atoms with Crippen LogP contribution in [0.2, 0.25) is 0 Å². The fourth-order valence-electron chi connectivity index (χ4n) is 1.98. The average Bonchev–Trinajstić information content (AvgIpc) is 2.58. The second-order valence-electron chi connectivity index (χ2n) is 4.25. The maximum absolute atomic E-state index is 10.2. The fraction of sp³-hybridized carbons (Fsp3) is 0.308. The van der Waals surface area contributed by atoms with Crippen molar-refractivity contribution in [2.75, 3.05) is 5.73 Å². The number of nitrogens with two attached hydrogens (primary N) is 1. The molecule has 0 aliphatic heterocycles. The Bertz CT molecular complexity index is 519. The molecule has 90 valence electrons. The van der Waals surface area contributed by atoms with E-state index in [1.54, 1.807) is 10.7 Å². The number of aromatic nitrogens is 2. The third-order valence-corrected chi connectivity index (χ3v) is 2.86. The van der Waals surface area contributed by atoms with E-state index >= 15 is 0 Å². The Balaban J connectivity index is 2.20. The van der Waals surface area contributed by atoms with Crippen LogP contribution in [0.3, 0.4) is 0 Å². The summed E-state index contributed by atoms with van der Waals surface area (Å²) in [5.41, 5.74) is 9.18. The van der Waals surface area contributed by atoms with Crippen LogP contribution in [0.25, 0.3) is 0 Å². The molecule has 1 heterocycles. The molecule has 4 heteroatoms. The Labute approximate surface area is 101 Å². The number of nitrogens with zero attached hydrogens (tertiary/aromatic N) is 2. The van der Waals surface area contributed by atoms with Gasteiger partial charge in [0.1, 0.15) is 0 Å². The lowest BCUT2D eigenvalue weighted by atomic mass is 10.0. The van der Waals surface area contributed by atoms with Gasteiger partial charge < -0.3 is 10.8 Å². The van der Waals surface area contributed by atoms with Crippen molar-refractivity contribution in [1.29, 1.82) is 0 Å². The molecule has 1 atom stereocenters. The Kier molecular flexibility index (Phi) is 3.15. The van der Waals surface area contributed by atoms with Crippen LogP contribution >= 0.6 is 0 Å². The van der Waals surface area contributed by atoms with Gasteiger partial charge in [-0.1, -0.05) is 18.2 Å². The van der Waals surface area contributed by atoms with Gasteiger partial charge in [-0.3, -0.25) is 4.68 Å². The van der Waals surface area contributed by atoms with Gasteiger partial charge in [0.2, 0.25) is 0 Å². The number of nitrogen functional groups attached to an aromatic ring is 1. The second-order valence-corrected chi connectivity index (χ2v) is 4.25. The van der Waals surface area contributed by atoms with E-state index < -0.39 is 6.10 Å². The molecular weight excluding hydrogens is 214 g/mol. The van der Waals surface area contributed by atoms with Gasteiger partial charge in [0.15, 0.2) is 0 Å². The summed E-state index contributed by atoms with van der Waals surface area (Å²) < 4.78 is 1.79. The van der Waals surface area contributed by atoms with Gasteiger partial charge in [-0.2, -0.15) is 5.10 Å². The molecule has 1 unspecified atom stereocenters. The summed E-state index contributed by atoms with van der Waals surface area (Å²) in [5.74, 6) is 0. The molecule has 0 saturated carbocycles. The maximum atomic E-state index is 10.2. The van der Waals surface area contributed by atoms with Crippen molar-refractivity contribution in [1.82, 2.24) is 9.78 Å². The Morgan fingerprint density at radius 1 is 1.41 bits per heavy atom. The van der Waals surface area contributed by atoms with Gasteiger partial charge in [-0.05, 0) is 19.1 Å². The summed E-state index contributed by atoms with van der Waals surface area (Å²) >= 11 is 0. The van der Waals surface area contributed by atoms with Crippen molar-refractivity contribution >= 4 is 5.69 Å². The SMILES string of the molecule is Cc1cc(CC(O)c2ccccc2N)n(C)n1. The van der Waals surface area contributed by atoms with Crippen molar-refractivity contribution in [2.24, 2.45) is 7.05 Å². The third kappa shape index (κ3) is 2.47. The number of hydrogen-bond donors (Lipinski definition) is 2. The van der Waals surface area contributed by atoms with Gasteiger partial charge in [0.05, 0.1) is 11.8 Å². The van der Waals surface area contributed by atoms with Gasteiger partial charge in [0.25, 0.3) is 0 Å². The highest BCUT2D eigenvalue weighted by molar-refractivity contribution is 5.47. The predicted molar refractivity (Wildman–Crippen MR) is 67.5 cm³/mol. The Morgan fingerprint density at radius 2 is 2.12 bits per heavy atom. The molecule has 1 aromatic carbocycles. The smallest absolute Gasteiger partial charge is 0.0865 e. The van der Waals surface area contributed by atoms with Crippen LogP contribution in [0.5, 0.6) is 0 Å². The van der Waals surface area contributed by atoms with E-state index in [1.807, 2.05) is 38.2 Å². The number of para-hydroxylation sites is 1. The largest absolute Gasteiger partial charge is 0.398 e. The highest BCUT2D eigenvalue weighted by atomic mass is 16.3. The predicted octanol–water partition coefficient (Wildman–Crippen LogP) is 1.59. The highest BCUT2D eigenvalue weighted by Gasteiger charge is 2.13. The summed E-state index contributed by atoms with van der Waals surface area (Å²) in [6.07, 6.45) is -0.0723. The quantitative estimate of drug-likeness (QED) is 0.788. The summed E-state index contributed by atoms with van der Waals surface area (Å²) in [6.45, 7) is 1.94. The first-order valence-corrected chi connectivity index (χ1v) is 5.60. The first kappa shape index (κ1) is 11.7. The fourth-order valence-corrected chi connectivity index (χ4v) is 1.98. The van der Waals surface area contributed by atoms with Crippen LogP contribution in [-0.4, -0.2) is 14.9 Å². The normalized spacial score (nSPS) is 12.6. The summed E-state index contributed by atoms with van der Waals surface area (Å²) in [7, 11) is 1.88. The standard InChI is InChI=1S/C13H17N3O/c1-9-7-10(16(2)15-9)8-13(17)11-5-3-4-6-12(11)14/h3-7,13,17H,8,14H2,1-2H3. The van der Waals surface area contributed by atoms with Crippen LogP contribution in [0.15, 0.2) is 30.3 Å². The first-order chi connectivity index (χ1) is 8.08. The van der Waals surface area contributed by atoms with Gasteiger partial charge >= 0.3 is 0 Å². The molecule has 2 rings (SSSR count). The van der Waals surface area contributed by atoms with E-state index in [9.17, 15) is 5.11 Å². The van der Waals surface area contributed by atoms with Crippen LogP contribution < -0.4 is 5.73 Å². The van der Waals surface area contributed by atoms with Crippen LogP contribution in [0.1, 0.15) is 23.1 Å². The monoisotopic (exact) mass is 231 g/mol. The molecule has 0 radical (unpaired) electrons. The zero-order chi connectivity index (χ0) is 12.4. The summed E-state index contributed by atoms with van der Waals surface area (Å²) in [5, 5.41) is 14.4. The molecule has 1 aromatic heterocycles. The lowest BCUT2D eigenvalue weighted by molar-refractivity contribution is 0.176. The number of aliphatic hydroxyl groups is 1. The molecule has 0 aliphatic carbocycles. The van der Waals surface area contributed by atoms with E-state index in [1.165, 1.54) is 0 Å². The number of hydrogen-bond acceptors (Lipinski definition) is 3. The van der Waals surface area contributed by atoms with Crippen molar-refractivity contribution in [3.05, 3.63) is 47.3 Å². The van der Waals surface area contributed by atoms with Gasteiger partial charge in [-0.15, -0.1) is 0 Å². The molecule has 0 bridgehead atoms. The molecule has 2 aromatic rings. The highest BCUT2D eigenvalue weighted by Crippen LogP contribution is 2.23. The number of rotatable bonds is 3. The van der Waals surface area contributed by atoms with Crippen LogP contribution in [0, 0.1) is 6.92 Å². The summed E-state index contributed by atoms with van der Waals surface area (Å²) in [4.78, 5) is 0. The van der Waals surface area contributed by atoms with Crippen molar-refractivity contribution in [3.8, 4) is 0 Å². The number of anilines is 1. The number of benzene rings is 1. The minimum absolute atomic E-state index is 0.519. The van der Waals surface area contributed by atoms with E-state index in [0.717, 1.165) is 17.0 Å². The third-order valence-electron chi connectivity index (χ3n) is 2.86. The molecule has 0 amide bonds. The zero-order valence-corrected chi connectivity index (χ0v) is 10.1. The molecule has 0 aliphatic rings. The van der Waals surface area contributed by atoms with Crippen LogP contribution in [-0.2, 0) is 13.5 Å². The van der Waals surface area contributed by atoms with Crippen LogP contribution in [0.4, 0.5) is 5.69 Å².